The minimum Gasteiger partial charge on any atom is -1.00 e. The zero-order valence-electron chi connectivity index (χ0n) is 16.7. The van der Waals surface area contributed by atoms with Crippen LogP contribution in [0.25, 0.3) is 0 Å². The van der Waals surface area contributed by atoms with Crippen LogP contribution in [0.5, 0.6) is 0 Å². The van der Waals surface area contributed by atoms with E-state index in [2.05, 4.69) is 6.92 Å². The van der Waals surface area contributed by atoms with E-state index in [9.17, 15) is 8.42 Å². The van der Waals surface area contributed by atoms with Gasteiger partial charge in [0, 0.05) is 0 Å². The first kappa shape index (κ1) is 24.1. The van der Waals surface area contributed by atoms with Crippen molar-refractivity contribution < 1.29 is 43.6 Å². The van der Waals surface area contributed by atoms with Crippen molar-refractivity contribution in [2.75, 3.05) is 6.61 Å². The van der Waals surface area contributed by atoms with Crippen LogP contribution in [0.4, 0.5) is 0 Å². The van der Waals surface area contributed by atoms with Crippen LogP contribution >= 0.6 is 0 Å². The molecule has 1 aromatic rings. The Morgan fingerprint density at radius 2 is 1.29 bits per heavy atom. The van der Waals surface area contributed by atoms with Gasteiger partial charge < -0.3 is 1.43 Å². The largest absolute Gasteiger partial charge is 1.00 e. The predicted octanol–water partition coefficient (Wildman–Crippen LogP) is 2.74. The van der Waals surface area contributed by atoms with E-state index in [1.165, 1.54) is 51.4 Å². The minimum atomic E-state index is -3.59. The fourth-order valence-corrected chi connectivity index (χ4v) is 3.47. The summed E-state index contributed by atoms with van der Waals surface area (Å²) in [6.45, 7) is 4.45. The summed E-state index contributed by atoms with van der Waals surface area (Å²) in [7, 11) is -3.59. The SMILES string of the molecule is CCCCCCCCCCCCOS(=O)(=O)c1ccc(C)cc1.[H-].[Na+]. The third-order valence-corrected chi connectivity index (χ3v) is 5.37. The van der Waals surface area contributed by atoms with Gasteiger partial charge >= 0.3 is 29.6 Å². The van der Waals surface area contributed by atoms with Gasteiger partial charge in [-0.15, -0.1) is 0 Å². The van der Waals surface area contributed by atoms with Crippen LogP contribution in [-0.4, -0.2) is 15.0 Å². The maximum absolute atomic E-state index is 12.0. The second-order valence-corrected chi connectivity index (χ2v) is 7.89. The van der Waals surface area contributed by atoms with Crippen molar-refractivity contribution in [3.8, 4) is 0 Å². The van der Waals surface area contributed by atoms with Crippen molar-refractivity contribution in [2.45, 2.75) is 83.0 Å². The molecule has 0 aliphatic heterocycles. The molecular formula is C19H33NaO3S. The number of rotatable bonds is 13. The van der Waals surface area contributed by atoms with Gasteiger partial charge in [-0.3, -0.25) is 4.18 Å². The molecule has 0 heterocycles. The monoisotopic (exact) mass is 364 g/mol. The van der Waals surface area contributed by atoms with E-state index in [0.29, 0.717) is 0 Å². The zero-order chi connectivity index (χ0) is 17.0. The first-order valence-corrected chi connectivity index (χ1v) is 10.4. The molecule has 0 aromatic heterocycles. The van der Waals surface area contributed by atoms with Crippen LogP contribution < -0.4 is 29.6 Å². The molecule has 0 saturated carbocycles. The van der Waals surface area contributed by atoms with E-state index in [0.717, 1.165) is 18.4 Å². The van der Waals surface area contributed by atoms with Gasteiger partial charge in [-0.05, 0) is 25.5 Å². The van der Waals surface area contributed by atoms with E-state index < -0.39 is 10.1 Å². The summed E-state index contributed by atoms with van der Waals surface area (Å²) in [5.74, 6) is 0. The van der Waals surface area contributed by atoms with Crippen molar-refractivity contribution in [2.24, 2.45) is 0 Å². The summed E-state index contributed by atoms with van der Waals surface area (Å²) in [6.07, 6.45) is 12.3. The molecule has 0 N–H and O–H groups in total. The Kier molecular flexibility index (Phi) is 14.4. The number of aryl methyl sites for hydroxylation is 1. The Morgan fingerprint density at radius 3 is 1.79 bits per heavy atom. The van der Waals surface area contributed by atoms with Gasteiger partial charge in [-0.1, -0.05) is 82.4 Å². The average Bonchev–Trinajstić information content (AvgIpc) is 2.53. The van der Waals surface area contributed by atoms with Gasteiger partial charge in [-0.2, -0.15) is 8.42 Å². The summed E-state index contributed by atoms with van der Waals surface area (Å²) in [4.78, 5) is 0.246. The topological polar surface area (TPSA) is 43.4 Å². The molecule has 24 heavy (non-hydrogen) atoms. The Bertz CT molecular complexity index is 518. The van der Waals surface area contributed by atoms with Crippen molar-refractivity contribution in [3.63, 3.8) is 0 Å². The molecule has 0 atom stereocenters. The standard InChI is InChI=1S/C19H32O3S.Na.H/c1-3-4-5-6-7-8-9-10-11-12-17-22-23(20,21)19-15-13-18(2)14-16-19;;/h13-16H,3-12,17H2,1-2H3;;/q;+1;-1. The Morgan fingerprint density at radius 1 is 0.833 bits per heavy atom. The van der Waals surface area contributed by atoms with Crippen LogP contribution in [0.1, 0.15) is 78.1 Å². The van der Waals surface area contributed by atoms with Crippen LogP contribution in [0.15, 0.2) is 29.2 Å². The molecule has 134 valence electrons. The van der Waals surface area contributed by atoms with Crippen LogP contribution in [0, 0.1) is 6.92 Å². The van der Waals surface area contributed by atoms with E-state index in [4.69, 9.17) is 4.18 Å². The van der Waals surface area contributed by atoms with E-state index >= 15 is 0 Å². The minimum absolute atomic E-state index is 0. The van der Waals surface area contributed by atoms with Gasteiger partial charge in [0.05, 0.1) is 11.5 Å². The van der Waals surface area contributed by atoms with Gasteiger partial charge in [0.25, 0.3) is 10.1 Å². The second-order valence-electron chi connectivity index (χ2n) is 6.27. The molecule has 0 spiro atoms. The molecule has 1 rings (SSSR count). The quantitative estimate of drug-likeness (QED) is 0.307. The molecule has 0 bridgehead atoms. The summed E-state index contributed by atoms with van der Waals surface area (Å²) < 4.78 is 29.1. The average molecular weight is 365 g/mol. The molecule has 0 saturated heterocycles. The Hall–Kier alpha value is 0.130. The Balaban J connectivity index is 0. The fourth-order valence-electron chi connectivity index (χ4n) is 2.53. The smallest absolute Gasteiger partial charge is 1.00 e. The number of benzene rings is 1. The van der Waals surface area contributed by atoms with Crippen LogP contribution in [-0.2, 0) is 14.3 Å². The predicted molar refractivity (Wildman–Crippen MR) is 97.3 cm³/mol. The molecule has 0 aliphatic rings. The number of hydrogen-bond acceptors (Lipinski definition) is 3. The van der Waals surface area contributed by atoms with Crippen LogP contribution in [0.2, 0.25) is 0 Å². The molecular weight excluding hydrogens is 331 g/mol. The molecule has 0 aliphatic carbocycles. The number of hydrogen-bond donors (Lipinski definition) is 0. The van der Waals surface area contributed by atoms with Crippen molar-refractivity contribution in [1.29, 1.82) is 0 Å². The molecule has 0 unspecified atom stereocenters. The van der Waals surface area contributed by atoms with E-state index in [-0.39, 0.29) is 42.5 Å². The van der Waals surface area contributed by atoms with Gasteiger partial charge in [-0.25, -0.2) is 0 Å². The third-order valence-electron chi connectivity index (χ3n) is 4.05. The van der Waals surface area contributed by atoms with E-state index in [1.807, 2.05) is 6.92 Å². The maximum atomic E-state index is 12.0. The van der Waals surface area contributed by atoms with E-state index in [1.54, 1.807) is 24.3 Å². The Labute approximate surface area is 172 Å². The zero-order valence-corrected chi connectivity index (χ0v) is 18.5. The third kappa shape index (κ3) is 10.9. The number of unbranched alkanes of at least 4 members (excludes halogenated alkanes) is 9. The van der Waals surface area contributed by atoms with Crippen molar-refractivity contribution in [3.05, 3.63) is 29.8 Å². The normalized spacial score (nSPS) is 11.2. The first-order valence-electron chi connectivity index (χ1n) is 9.02. The fraction of sp³-hybridized carbons (Fsp3) is 0.684. The van der Waals surface area contributed by atoms with Crippen LogP contribution in [0.3, 0.4) is 0 Å². The first-order chi connectivity index (χ1) is 11.1. The molecule has 0 amide bonds. The molecule has 0 fully saturated rings. The molecule has 1 aromatic carbocycles. The van der Waals surface area contributed by atoms with Crippen molar-refractivity contribution in [1.82, 2.24) is 0 Å². The van der Waals surface area contributed by atoms with Gasteiger partial charge in [0.2, 0.25) is 0 Å². The van der Waals surface area contributed by atoms with Gasteiger partial charge in [0.15, 0.2) is 0 Å². The summed E-state index contributed by atoms with van der Waals surface area (Å²) in [5, 5.41) is 0. The molecule has 0 radical (unpaired) electrons. The summed E-state index contributed by atoms with van der Waals surface area (Å²) in [6, 6.07) is 6.78. The van der Waals surface area contributed by atoms with Crippen molar-refractivity contribution >= 4 is 10.1 Å². The summed E-state index contributed by atoms with van der Waals surface area (Å²) >= 11 is 0. The summed E-state index contributed by atoms with van der Waals surface area (Å²) in [5.41, 5.74) is 1.04. The molecule has 5 heteroatoms. The molecule has 3 nitrogen and oxygen atoms in total. The maximum Gasteiger partial charge on any atom is 1.00 e. The van der Waals surface area contributed by atoms with Gasteiger partial charge in [0.1, 0.15) is 0 Å². The second kappa shape index (κ2) is 14.3.